The van der Waals surface area contributed by atoms with Crippen molar-refractivity contribution in [2.75, 3.05) is 5.73 Å². The van der Waals surface area contributed by atoms with Crippen LogP contribution >= 0.6 is 27.5 Å². The van der Waals surface area contributed by atoms with Gasteiger partial charge >= 0.3 is 0 Å². The highest BCUT2D eigenvalue weighted by molar-refractivity contribution is 9.10. The summed E-state index contributed by atoms with van der Waals surface area (Å²) in [5.74, 6) is 0.425. The largest absolute Gasteiger partial charge is 0.369 e. The average Bonchev–Trinajstić information content (AvgIpc) is 2.52. The first-order valence-electron chi connectivity index (χ1n) is 3.93. The molecule has 0 fully saturated rings. The third-order valence-corrected chi connectivity index (χ3v) is 2.63. The van der Waals surface area contributed by atoms with Crippen molar-refractivity contribution in [3.8, 4) is 5.69 Å². The molecule has 2 N–H and O–H groups in total. The Kier molecular flexibility index (Phi) is 2.48. The molecule has 2 aromatic rings. The zero-order chi connectivity index (χ0) is 10.1. The van der Waals surface area contributed by atoms with Crippen molar-refractivity contribution in [3.05, 3.63) is 40.1 Å². The minimum absolute atomic E-state index is 0.425. The smallest absolute Gasteiger partial charge is 0.204 e. The predicted molar refractivity (Wildman–Crippen MR) is 60.7 cm³/mol. The molecule has 5 heteroatoms. The number of nitrogens with zero attached hydrogens (tertiary/aromatic N) is 2. The molecule has 0 saturated heterocycles. The Labute approximate surface area is 94.6 Å². The SMILES string of the molecule is Nc1nccn1-c1ccc(Br)cc1Cl. The van der Waals surface area contributed by atoms with Gasteiger partial charge in [0.2, 0.25) is 5.95 Å². The van der Waals surface area contributed by atoms with Gasteiger partial charge in [0.1, 0.15) is 0 Å². The molecule has 0 spiro atoms. The molecule has 72 valence electrons. The third-order valence-electron chi connectivity index (χ3n) is 1.84. The lowest BCUT2D eigenvalue weighted by Gasteiger charge is -2.06. The van der Waals surface area contributed by atoms with Crippen molar-refractivity contribution in [1.82, 2.24) is 9.55 Å². The highest BCUT2D eigenvalue weighted by atomic mass is 79.9. The number of nitrogens with two attached hydrogens (primary N) is 1. The Balaban J connectivity index is 2.58. The van der Waals surface area contributed by atoms with Crippen molar-refractivity contribution in [1.29, 1.82) is 0 Å². The van der Waals surface area contributed by atoms with Gasteiger partial charge in [-0.1, -0.05) is 27.5 Å². The Morgan fingerprint density at radius 2 is 2.21 bits per heavy atom. The van der Waals surface area contributed by atoms with Crippen molar-refractivity contribution < 1.29 is 0 Å². The van der Waals surface area contributed by atoms with Gasteiger partial charge in [0, 0.05) is 16.9 Å². The lowest BCUT2D eigenvalue weighted by atomic mass is 10.3. The van der Waals surface area contributed by atoms with Crippen LogP contribution in [0.5, 0.6) is 0 Å². The monoisotopic (exact) mass is 271 g/mol. The van der Waals surface area contributed by atoms with Gasteiger partial charge in [-0.15, -0.1) is 0 Å². The summed E-state index contributed by atoms with van der Waals surface area (Å²) in [6.45, 7) is 0. The van der Waals surface area contributed by atoms with Crippen LogP contribution < -0.4 is 5.73 Å². The number of nitrogen functional groups attached to an aromatic ring is 1. The van der Waals surface area contributed by atoms with Gasteiger partial charge in [0.25, 0.3) is 0 Å². The summed E-state index contributed by atoms with van der Waals surface area (Å²) in [5, 5.41) is 0.629. The fraction of sp³-hybridized carbons (Fsp3) is 0. The molecule has 1 heterocycles. The summed E-state index contributed by atoms with van der Waals surface area (Å²) < 4.78 is 2.67. The molecule has 14 heavy (non-hydrogen) atoms. The highest BCUT2D eigenvalue weighted by Gasteiger charge is 2.05. The second-order valence-corrected chi connectivity index (χ2v) is 4.07. The molecule has 1 aromatic carbocycles. The normalized spacial score (nSPS) is 10.4. The molecule has 0 unspecified atom stereocenters. The first kappa shape index (κ1) is 9.55. The molecule has 0 radical (unpaired) electrons. The lowest BCUT2D eigenvalue weighted by molar-refractivity contribution is 1.07. The molecule has 2 rings (SSSR count). The topological polar surface area (TPSA) is 43.8 Å². The molecule has 0 aliphatic carbocycles. The summed E-state index contributed by atoms with van der Waals surface area (Å²) in [7, 11) is 0. The first-order chi connectivity index (χ1) is 6.68. The van der Waals surface area contributed by atoms with Gasteiger partial charge in [0.15, 0.2) is 0 Å². The third kappa shape index (κ3) is 1.63. The summed E-state index contributed by atoms with van der Waals surface area (Å²) in [4.78, 5) is 3.93. The summed E-state index contributed by atoms with van der Waals surface area (Å²) >= 11 is 9.40. The zero-order valence-corrected chi connectivity index (χ0v) is 9.46. The average molecular weight is 273 g/mol. The van der Waals surface area contributed by atoms with Crippen molar-refractivity contribution >= 4 is 33.5 Å². The van der Waals surface area contributed by atoms with Crippen molar-refractivity contribution in [3.63, 3.8) is 0 Å². The fourth-order valence-electron chi connectivity index (χ4n) is 1.20. The van der Waals surface area contributed by atoms with Gasteiger partial charge in [-0.25, -0.2) is 4.98 Å². The van der Waals surface area contributed by atoms with Crippen LogP contribution in [0.25, 0.3) is 5.69 Å². The molecule has 0 bridgehead atoms. The van der Waals surface area contributed by atoms with Gasteiger partial charge in [0.05, 0.1) is 10.7 Å². The van der Waals surface area contributed by atoms with E-state index in [4.69, 9.17) is 17.3 Å². The lowest BCUT2D eigenvalue weighted by Crippen LogP contribution is -2.00. The number of benzene rings is 1. The quantitative estimate of drug-likeness (QED) is 0.867. The minimum atomic E-state index is 0.425. The Morgan fingerprint density at radius 1 is 1.43 bits per heavy atom. The minimum Gasteiger partial charge on any atom is -0.369 e. The van der Waals surface area contributed by atoms with Crippen LogP contribution in [0.4, 0.5) is 5.95 Å². The van der Waals surface area contributed by atoms with Crippen LogP contribution in [0, 0.1) is 0 Å². The number of hydrogen-bond donors (Lipinski definition) is 1. The van der Waals surface area contributed by atoms with Crippen molar-refractivity contribution in [2.45, 2.75) is 0 Å². The Hall–Kier alpha value is -1.000. The van der Waals surface area contributed by atoms with Gasteiger partial charge in [-0.05, 0) is 18.2 Å². The van der Waals surface area contributed by atoms with E-state index in [0.29, 0.717) is 11.0 Å². The summed E-state index contributed by atoms with van der Waals surface area (Å²) in [6, 6.07) is 5.60. The number of hydrogen-bond acceptors (Lipinski definition) is 2. The standard InChI is InChI=1S/C9H7BrClN3/c10-6-1-2-8(7(11)5-6)14-4-3-13-9(14)12/h1-5H,(H2,12,13). The van der Waals surface area contributed by atoms with Crippen LogP contribution in [0.15, 0.2) is 35.1 Å². The number of anilines is 1. The maximum Gasteiger partial charge on any atom is 0.204 e. The molecule has 0 atom stereocenters. The number of halogens is 2. The second kappa shape index (κ2) is 3.63. The summed E-state index contributed by atoms with van der Waals surface area (Å²) in [6.07, 6.45) is 3.40. The molecule has 0 amide bonds. The van der Waals surface area contributed by atoms with E-state index in [1.165, 1.54) is 0 Å². The van der Waals surface area contributed by atoms with Gasteiger partial charge in [-0.2, -0.15) is 0 Å². The predicted octanol–water partition coefficient (Wildman–Crippen LogP) is 2.87. The molecule has 0 aliphatic rings. The zero-order valence-electron chi connectivity index (χ0n) is 7.11. The molecule has 3 nitrogen and oxygen atoms in total. The number of aromatic nitrogens is 2. The van der Waals surface area contributed by atoms with Gasteiger partial charge in [-0.3, -0.25) is 4.57 Å². The molecule has 0 saturated carbocycles. The van der Waals surface area contributed by atoms with E-state index < -0.39 is 0 Å². The number of imidazole rings is 1. The van der Waals surface area contributed by atoms with Crippen LogP contribution in [0.1, 0.15) is 0 Å². The van der Waals surface area contributed by atoms with E-state index in [9.17, 15) is 0 Å². The van der Waals surface area contributed by atoms with E-state index in [-0.39, 0.29) is 0 Å². The van der Waals surface area contributed by atoms with Crippen LogP contribution in [0.3, 0.4) is 0 Å². The van der Waals surface area contributed by atoms with Crippen LogP contribution in [-0.2, 0) is 0 Å². The second-order valence-electron chi connectivity index (χ2n) is 2.75. The van der Waals surface area contributed by atoms with Crippen LogP contribution in [0.2, 0.25) is 5.02 Å². The maximum absolute atomic E-state index is 6.06. The first-order valence-corrected chi connectivity index (χ1v) is 5.10. The van der Waals surface area contributed by atoms with E-state index in [2.05, 4.69) is 20.9 Å². The molecular weight excluding hydrogens is 265 g/mol. The molecular formula is C9H7BrClN3. The van der Waals surface area contributed by atoms with Gasteiger partial charge < -0.3 is 5.73 Å². The van der Waals surface area contributed by atoms with E-state index >= 15 is 0 Å². The fourth-order valence-corrected chi connectivity index (χ4v) is 1.96. The maximum atomic E-state index is 6.06. The van der Waals surface area contributed by atoms with E-state index in [1.807, 2.05) is 18.2 Å². The van der Waals surface area contributed by atoms with E-state index in [0.717, 1.165) is 10.2 Å². The number of rotatable bonds is 1. The van der Waals surface area contributed by atoms with Crippen molar-refractivity contribution in [2.24, 2.45) is 0 Å². The molecule has 0 aliphatic heterocycles. The van der Waals surface area contributed by atoms with Crippen LogP contribution in [-0.4, -0.2) is 9.55 Å². The highest BCUT2D eigenvalue weighted by Crippen LogP contribution is 2.25. The summed E-state index contributed by atoms with van der Waals surface area (Å²) in [5.41, 5.74) is 6.48. The van der Waals surface area contributed by atoms with E-state index in [1.54, 1.807) is 17.0 Å². The Morgan fingerprint density at radius 3 is 2.79 bits per heavy atom. The Bertz CT molecular complexity index is 467. The molecule has 1 aromatic heterocycles.